The Hall–Kier alpha value is -0.900. The van der Waals surface area contributed by atoms with Gasteiger partial charge in [0.2, 0.25) is 0 Å². The quantitative estimate of drug-likeness (QED) is 0.762. The summed E-state index contributed by atoms with van der Waals surface area (Å²) in [5.74, 6) is 0. The van der Waals surface area contributed by atoms with E-state index in [9.17, 15) is 0 Å². The van der Waals surface area contributed by atoms with Gasteiger partial charge in [-0.05, 0) is 37.1 Å². The molecule has 0 unspecified atom stereocenters. The molecule has 3 nitrogen and oxygen atoms in total. The Kier molecular flexibility index (Phi) is 4.98. The molecule has 0 aromatic heterocycles. The Balaban J connectivity index is 1.66. The molecule has 94 valence electrons. The van der Waals surface area contributed by atoms with Crippen LogP contribution < -0.4 is 5.73 Å². The summed E-state index contributed by atoms with van der Waals surface area (Å²) in [6, 6.07) is 8.31. The number of hydrogen-bond acceptors (Lipinski definition) is 3. The van der Waals surface area contributed by atoms with Crippen LogP contribution in [0.2, 0.25) is 0 Å². The van der Waals surface area contributed by atoms with Crippen molar-refractivity contribution in [2.75, 3.05) is 26.2 Å². The van der Waals surface area contributed by atoms with Gasteiger partial charge in [0.05, 0.1) is 13.2 Å². The number of rotatable bonds is 6. The van der Waals surface area contributed by atoms with Crippen LogP contribution in [0.15, 0.2) is 24.3 Å². The minimum atomic E-state index is 0.599. The fourth-order valence-electron chi connectivity index (χ4n) is 2.24. The molecule has 3 heteroatoms. The number of nitrogens with zero attached hydrogens (tertiary/aromatic N) is 1. The zero-order valence-corrected chi connectivity index (χ0v) is 10.4. The second-order valence-corrected chi connectivity index (χ2v) is 4.63. The first-order valence-electron chi connectivity index (χ1n) is 6.46. The first-order chi connectivity index (χ1) is 8.38. The number of likely N-dealkylation sites (tertiary alicyclic amines) is 1. The molecule has 0 radical (unpaired) electrons. The highest BCUT2D eigenvalue weighted by Crippen LogP contribution is 2.08. The summed E-state index contributed by atoms with van der Waals surface area (Å²) in [5, 5.41) is 0. The molecule has 1 aliphatic rings. The molecular weight excluding hydrogens is 212 g/mol. The van der Waals surface area contributed by atoms with Gasteiger partial charge >= 0.3 is 0 Å². The van der Waals surface area contributed by atoms with E-state index >= 15 is 0 Å². The van der Waals surface area contributed by atoms with Crippen molar-refractivity contribution in [3.05, 3.63) is 35.4 Å². The van der Waals surface area contributed by atoms with Crippen molar-refractivity contribution in [2.45, 2.75) is 26.0 Å². The Bertz CT molecular complexity index is 335. The minimum absolute atomic E-state index is 0.599. The molecule has 0 saturated carbocycles. The van der Waals surface area contributed by atoms with E-state index in [4.69, 9.17) is 10.5 Å². The second kappa shape index (κ2) is 6.74. The molecule has 1 saturated heterocycles. The van der Waals surface area contributed by atoms with Crippen molar-refractivity contribution in [1.29, 1.82) is 0 Å². The van der Waals surface area contributed by atoms with Crippen molar-refractivity contribution in [1.82, 2.24) is 4.90 Å². The smallest absolute Gasteiger partial charge is 0.0717 e. The summed E-state index contributed by atoms with van der Waals surface area (Å²) < 4.78 is 5.70. The largest absolute Gasteiger partial charge is 0.375 e. The predicted octanol–water partition coefficient (Wildman–Crippen LogP) is 1.76. The van der Waals surface area contributed by atoms with Gasteiger partial charge in [0, 0.05) is 13.1 Å². The first kappa shape index (κ1) is 12.6. The normalized spacial score (nSPS) is 16.5. The highest BCUT2D eigenvalue weighted by Gasteiger charge is 2.10. The second-order valence-electron chi connectivity index (χ2n) is 4.63. The summed E-state index contributed by atoms with van der Waals surface area (Å²) in [5.41, 5.74) is 8.00. The monoisotopic (exact) mass is 234 g/mol. The number of nitrogens with two attached hydrogens (primary N) is 1. The van der Waals surface area contributed by atoms with Crippen molar-refractivity contribution in [3.8, 4) is 0 Å². The van der Waals surface area contributed by atoms with Crippen LogP contribution in [-0.4, -0.2) is 31.1 Å². The minimum Gasteiger partial charge on any atom is -0.375 e. The summed E-state index contributed by atoms with van der Waals surface area (Å²) >= 11 is 0. The fraction of sp³-hybridized carbons (Fsp3) is 0.571. The van der Waals surface area contributed by atoms with Gasteiger partial charge in [-0.25, -0.2) is 0 Å². The lowest BCUT2D eigenvalue weighted by Gasteiger charge is -2.14. The lowest BCUT2D eigenvalue weighted by molar-refractivity contribution is 0.0992. The Labute approximate surface area is 104 Å². The summed E-state index contributed by atoms with van der Waals surface area (Å²) in [7, 11) is 0. The summed E-state index contributed by atoms with van der Waals surface area (Å²) in [4.78, 5) is 2.47. The molecule has 1 fully saturated rings. The molecule has 17 heavy (non-hydrogen) atoms. The van der Waals surface area contributed by atoms with Crippen LogP contribution in [0, 0.1) is 0 Å². The average Bonchev–Trinajstić information content (AvgIpc) is 2.88. The van der Waals surface area contributed by atoms with Crippen LogP contribution in [-0.2, 0) is 17.9 Å². The SMILES string of the molecule is NCc1cccc(COCCN2CCCC2)c1. The number of hydrogen-bond donors (Lipinski definition) is 1. The third-order valence-corrected chi connectivity index (χ3v) is 3.25. The zero-order chi connectivity index (χ0) is 11.9. The van der Waals surface area contributed by atoms with Crippen LogP contribution >= 0.6 is 0 Å². The topological polar surface area (TPSA) is 38.5 Å². The molecule has 1 heterocycles. The van der Waals surface area contributed by atoms with Gasteiger partial charge in [0.15, 0.2) is 0 Å². The Morgan fingerprint density at radius 3 is 2.71 bits per heavy atom. The van der Waals surface area contributed by atoms with E-state index in [0.29, 0.717) is 13.2 Å². The lowest BCUT2D eigenvalue weighted by atomic mass is 10.1. The summed E-state index contributed by atoms with van der Waals surface area (Å²) in [6.07, 6.45) is 2.69. The lowest BCUT2D eigenvalue weighted by Crippen LogP contribution is -2.23. The first-order valence-corrected chi connectivity index (χ1v) is 6.46. The van der Waals surface area contributed by atoms with Gasteiger partial charge < -0.3 is 15.4 Å². The van der Waals surface area contributed by atoms with E-state index in [1.807, 2.05) is 12.1 Å². The highest BCUT2D eigenvalue weighted by molar-refractivity contribution is 5.22. The standard InChI is InChI=1S/C14H22N2O/c15-11-13-4-3-5-14(10-13)12-17-9-8-16-6-1-2-7-16/h3-5,10H,1-2,6-9,11-12,15H2. The molecule has 2 N–H and O–H groups in total. The van der Waals surface area contributed by atoms with Crippen LogP contribution in [0.25, 0.3) is 0 Å². The van der Waals surface area contributed by atoms with Gasteiger partial charge in [-0.3, -0.25) is 0 Å². The van der Waals surface area contributed by atoms with Gasteiger partial charge in [-0.1, -0.05) is 24.3 Å². The molecule has 1 aromatic rings. The molecule has 1 aliphatic heterocycles. The third-order valence-electron chi connectivity index (χ3n) is 3.25. The fourth-order valence-corrected chi connectivity index (χ4v) is 2.24. The number of ether oxygens (including phenoxy) is 1. The molecule has 0 atom stereocenters. The van der Waals surface area contributed by atoms with E-state index < -0.39 is 0 Å². The highest BCUT2D eigenvalue weighted by atomic mass is 16.5. The van der Waals surface area contributed by atoms with Gasteiger partial charge in [0.1, 0.15) is 0 Å². The third kappa shape index (κ3) is 4.11. The maximum atomic E-state index is 5.70. The zero-order valence-electron chi connectivity index (χ0n) is 10.4. The van der Waals surface area contributed by atoms with E-state index in [0.717, 1.165) is 13.2 Å². The van der Waals surface area contributed by atoms with Crippen LogP contribution in [0.4, 0.5) is 0 Å². The van der Waals surface area contributed by atoms with Gasteiger partial charge in [-0.2, -0.15) is 0 Å². The van der Waals surface area contributed by atoms with E-state index in [-0.39, 0.29) is 0 Å². The van der Waals surface area contributed by atoms with Crippen molar-refractivity contribution in [3.63, 3.8) is 0 Å². The Morgan fingerprint density at radius 1 is 1.18 bits per heavy atom. The molecule has 2 rings (SSSR count). The number of benzene rings is 1. The maximum Gasteiger partial charge on any atom is 0.0717 e. The van der Waals surface area contributed by atoms with Gasteiger partial charge in [0.25, 0.3) is 0 Å². The van der Waals surface area contributed by atoms with Crippen molar-refractivity contribution < 1.29 is 4.74 Å². The van der Waals surface area contributed by atoms with Crippen molar-refractivity contribution >= 4 is 0 Å². The molecule has 0 spiro atoms. The maximum absolute atomic E-state index is 5.70. The van der Waals surface area contributed by atoms with Crippen LogP contribution in [0.1, 0.15) is 24.0 Å². The summed E-state index contributed by atoms with van der Waals surface area (Å²) in [6.45, 7) is 5.67. The predicted molar refractivity (Wildman–Crippen MR) is 69.7 cm³/mol. The molecular formula is C14H22N2O. The molecule has 1 aromatic carbocycles. The molecule has 0 aliphatic carbocycles. The molecule has 0 amide bonds. The van der Waals surface area contributed by atoms with Crippen molar-refractivity contribution in [2.24, 2.45) is 5.73 Å². The Morgan fingerprint density at radius 2 is 1.94 bits per heavy atom. The average molecular weight is 234 g/mol. The van der Waals surface area contributed by atoms with Crippen LogP contribution in [0.5, 0.6) is 0 Å². The van der Waals surface area contributed by atoms with Crippen LogP contribution in [0.3, 0.4) is 0 Å². The van der Waals surface area contributed by atoms with E-state index in [1.165, 1.54) is 37.1 Å². The van der Waals surface area contributed by atoms with Gasteiger partial charge in [-0.15, -0.1) is 0 Å². The van der Waals surface area contributed by atoms with E-state index in [2.05, 4.69) is 17.0 Å². The molecule has 0 bridgehead atoms. The van der Waals surface area contributed by atoms with E-state index in [1.54, 1.807) is 0 Å².